The highest BCUT2D eigenvalue weighted by molar-refractivity contribution is 6.85. The molecule has 0 bridgehead atoms. The van der Waals surface area contributed by atoms with E-state index in [1.54, 1.807) is 0 Å². The Morgan fingerprint density at radius 2 is 1.44 bits per heavy atom. The van der Waals surface area contributed by atoms with Gasteiger partial charge in [0.2, 0.25) is 0 Å². The van der Waals surface area contributed by atoms with E-state index in [1.807, 2.05) is 0 Å². The van der Waals surface area contributed by atoms with Gasteiger partial charge in [-0.3, -0.25) is 0 Å². The van der Waals surface area contributed by atoms with Crippen LogP contribution in [0.15, 0.2) is 0 Å². The van der Waals surface area contributed by atoms with Crippen LogP contribution in [0.5, 0.6) is 0 Å². The summed E-state index contributed by atoms with van der Waals surface area (Å²) >= 11 is 0. The van der Waals surface area contributed by atoms with Gasteiger partial charge in [0.05, 0.1) is 8.07 Å². The average molecular weight is 238 g/mol. The zero-order valence-corrected chi connectivity index (χ0v) is 13.7. The third kappa shape index (κ3) is 2.42. The first kappa shape index (κ1) is 14.3. The summed E-state index contributed by atoms with van der Waals surface area (Å²) in [4.78, 5) is 0. The second kappa shape index (κ2) is 4.51. The Morgan fingerprint density at radius 1 is 1.06 bits per heavy atom. The van der Waals surface area contributed by atoms with Crippen LogP contribution in [0.4, 0.5) is 0 Å². The van der Waals surface area contributed by atoms with Crippen molar-refractivity contribution >= 4 is 14.8 Å². The Hall–Kier alpha value is 0.282. The first-order valence-electron chi connectivity index (χ1n) is 7.10. The third-order valence-electron chi connectivity index (χ3n) is 6.36. The van der Waals surface area contributed by atoms with E-state index in [2.05, 4.69) is 54.6 Å². The molecule has 0 aromatic heterocycles. The average Bonchev–Trinajstić information content (AvgIpc) is 2.13. The van der Waals surface area contributed by atoms with Crippen LogP contribution < -0.4 is 0 Å². The van der Waals surface area contributed by atoms with Crippen LogP contribution in [0.1, 0.15) is 41.5 Å². The monoisotopic (exact) mass is 238 g/mol. The Bertz CT molecular complexity index is 231. The summed E-state index contributed by atoms with van der Waals surface area (Å²) in [5, 5.41) is 0.521. The van der Waals surface area contributed by atoms with Crippen molar-refractivity contribution in [3.8, 4) is 0 Å². The maximum atomic E-state index is 2.60. The summed E-state index contributed by atoms with van der Waals surface area (Å²) in [5.74, 6) is 0.805. The zero-order chi connectivity index (χ0) is 12.7. The van der Waals surface area contributed by atoms with Crippen LogP contribution in [0, 0.1) is 5.92 Å². The van der Waals surface area contributed by atoms with E-state index in [0.717, 1.165) is 23.7 Å². The fourth-order valence-electron chi connectivity index (χ4n) is 3.12. The molecule has 0 spiro atoms. The van der Waals surface area contributed by atoms with Crippen molar-refractivity contribution in [2.24, 2.45) is 5.92 Å². The summed E-state index contributed by atoms with van der Waals surface area (Å²) in [6.07, 6.45) is 2.96. The lowest BCUT2D eigenvalue weighted by atomic mass is 9.28. The van der Waals surface area contributed by atoms with Gasteiger partial charge in [-0.1, -0.05) is 83.7 Å². The largest absolute Gasteiger partial charge is 0.146 e. The Labute approximate surface area is 105 Å². The molecule has 0 radical (unpaired) electrons. The maximum absolute atomic E-state index is 2.60. The van der Waals surface area contributed by atoms with Gasteiger partial charge >= 0.3 is 0 Å². The molecule has 0 nitrogen and oxygen atoms in total. The molecule has 0 aromatic rings. The predicted molar refractivity (Wildman–Crippen MR) is 80.6 cm³/mol. The standard InChI is InChI=1S/C14H31BSi/c1-11(2)14(5,6)15-9-12(3)16(7,8)13(4)10-15/h11-13H,9-10H2,1-8H3/t12-,13+. The fraction of sp³-hybridized carbons (Fsp3) is 1.00. The molecule has 1 heterocycles. The van der Waals surface area contributed by atoms with E-state index in [-0.39, 0.29) is 0 Å². The molecular formula is C14H31BSi. The Balaban J connectivity index is 2.83. The molecule has 1 aliphatic rings. The third-order valence-corrected chi connectivity index (χ3v) is 11.9. The molecule has 1 saturated heterocycles. The molecule has 1 aliphatic heterocycles. The molecule has 0 aliphatic carbocycles. The van der Waals surface area contributed by atoms with Gasteiger partial charge in [-0.25, -0.2) is 0 Å². The highest BCUT2D eigenvalue weighted by atomic mass is 28.3. The molecule has 0 aromatic carbocycles. The zero-order valence-electron chi connectivity index (χ0n) is 12.7. The van der Waals surface area contributed by atoms with E-state index in [4.69, 9.17) is 0 Å². The van der Waals surface area contributed by atoms with Crippen LogP contribution in [-0.2, 0) is 0 Å². The number of rotatable bonds is 2. The minimum atomic E-state index is -0.953. The highest BCUT2D eigenvalue weighted by Crippen LogP contribution is 2.52. The van der Waals surface area contributed by atoms with E-state index in [1.165, 1.54) is 12.6 Å². The van der Waals surface area contributed by atoms with Gasteiger partial charge in [-0.05, 0) is 5.92 Å². The Morgan fingerprint density at radius 3 is 1.75 bits per heavy atom. The molecular weight excluding hydrogens is 207 g/mol. The summed E-state index contributed by atoms with van der Waals surface area (Å²) in [5.41, 5.74) is 2.00. The van der Waals surface area contributed by atoms with Crippen molar-refractivity contribution in [3.05, 3.63) is 0 Å². The van der Waals surface area contributed by atoms with E-state index in [9.17, 15) is 0 Å². The van der Waals surface area contributed by atoms with Crippen molar-refractivity contribution in [2.45, 2.75) is 83.7 Å². The summed E-state index contributed by atoms with van der Waals surface area (Å²) < 4.78 is 0. The SMILES string of the molecule is CC(C)C(C)(C)B1C[C@@H](C)[Si](C)(C)[C@@H](C)C1. The lowest BCUT2D eigenvalue weighted by Gasteiger charge is -2.48. The smallest absolute Gasteiger partial charge is 0.0735 e. The molecule has 0 amide bonds. The van der Waals surface area contributed by atoms with Crippen molar-refractivity contribution in [2.75, 3.05) is 0 Å². The van der Waals surface area contributed by atoms with Gasteiger partial charge in [0.1, 0.15) is 6.71 Å². The number of hydrogen-bond donors (Lipinski definition) is 0. The molecule has 94 valence electrons. The molecule has 16 heavy (non-hydrogen) atoms. The van der Waals surface area contributed by atoms with Gasteiger partial charge < -0.3 is 0 Å². The molecule has 2 heteroatoms. The predicted octanol–water partition coefficient (Wildman–Crippen LogP) is 5.42. The molecule has 0 saturated carbocycles. The van der Waals surface area contributed by atoms with Crippen LogP contribution in [0.2, 0.25) is 42.1 Å². The van der Waals surface area contributed by atoms with Crippen LogP contribution in [-0.4, -0.2) is 14.8 Å². The van der Waals surface area contributed by atoms with E-state index >= 15 is 0 Å². The molecule has 2 atom stereocenters. The van der Waals surface area contributed by atoms with Crippen molar-refractivity contribution in [1.82, 2.24) is 0 Å². The van der Waals surface area contributed by atoms with Crippen molar-refractivity contribution < 1.29 is 0 Å². The van der Waals surface area contributed by atoms with Gasteiger partial charge in [-0.2, -0.15) is 0 Å². The quantitative estimate of drug-likeness (QED) is 0.563. The minimum Gasteiger partial charge on any atom is -0.0735 e. The normalized spacial score (nSPS) is 30.9. The van der Waals surface area contributed by atoms with E-state index < -0.39 is 8.07 Å². The summed E-state index contributed by atoms with van der Waals surface area (Å²) in [7, 11) is -0.953. The van der Waals surface area contributed by atoms with Crippen molar-refractivity contribution in [1.29, 1.82) is 0 Å². The summed E-state index contributed by atoms with van der Waals surface area (Å²) in [6, 6.07) is 0. The second-order valence-electron chi connectivity index (χ2n) is 7.77. The number of hydrogen-bond acceptors (Lipinski definition) is 0. The lowest BCUT2D eigenvalue weighted by Crippen LogP contribution is -2.47. The maximum Gasteiger partial charge on any atom is 0.146 e. The van der Waals surface area contributed by atoms with Crippen molar-refractivity contribution in [3.63, 3.8) is 0 Å². The van der Waals surface area contributed by atoms with Gasteiger partial charge in [0.25, 0.3) is 0 Å². The minimum absolute atomic E-state index is 0.521. The molecule has 1 fully saturated rings. The first-order chi connectivity index (χ1) is 7.10. The lowest BCUT2D eigenvalue weighted by molar-refractivity contribution is 0.459. The van der Waals surface area contributed by atoms with Gasteiger partial charge in [0.15, 0.2) is 0 Å². The van der Waals surface area contributed by atoms with Crippen LogP contribution >= 0.6 is 0 Å². The van der Waals surface area contributed by atoms with Gasteiger partial charge in [0, 0.05) is 0 Å². The van der Waals surface area contributed by atoms with Crippen LogP contribution in [0.25, 0.3) is 0 Å². The second-order valence-corrected chi connectivity index (χ2v) is 13.4. The summed E-state index contributed by atoms with van der Waals surface area (Å²) in [6.45, 7) is 20.9. The van der Waals surface area contributed by atoms with E-state index in [0.29, 0.717) is 5.31 Å². The van der Waals surface area contributed by atoms with Gasteiger partial charge in [-0.15, -0.1) is 0 Å². The topological polar surface area (TPSA) is 0 Å². The van der Waals surface area contributed by atoms with Crippen LogP contribution in [0.3, 0.4) is 0 Å². The molecule has 0 N–H and O–H groups in total. The molecule has 0 unspecified atom stereocenters. The Kier molecular flexibility index (Phi) is 4.05. The fourth-order valence-corrected chi connectivity index (χ4v) is 5.88. The highest BCUT2D eigenvalue weighted by Gasteiger charge is 2.47. The molecule has 1 rings (SSSR count). The first-order valence-corrected chi connectivity index (χ1v) is 10.3.